The van der Waals surface area contributed by atoms with Gasteiger partial charge in [-0.05, 0) is 30.7 Å². The Morgan fingerprint density at radius 3 is 2.17 bits per heavy atom. The van der Waals surface area contributed by atoms with E-state index < -0.39 is 10.0 Å². The molecule has 0 saturated heterocycles. The topological polar surface area (TPSA) is 66.9 Å². The first-order valence-electron chi connectivity index (χ1n) is 7.73. The predicted octanol–water partition coefficient (Wildman–Crippen LogP) is 1.83. The van der Waals surface area contributed by atoms with Gasteiger partial charge in [-0.25, -0.2) is 8.42 Å². The molecule has 7 heteroatoms. The molecule has 1 amide bonds. The molecule has 0 unspecified atom stereocenters. The Kier molecular flexibility index (Phi) is 7.67. The molecule has 23 heavy (non-hydrogen) atoms. The third-order valence-electron chi connectivity index (χ3n) is 3.63. The van der Waals surface area contributed by atoms with Crippen molar-refractivity contribution >= 4 is 15.9 Å². The van der Waals surface area contributed by atoms with Gasteiger partial charge in [-0.3, -0.25) is 4.79 Å². The van der Waals surface area contributed by atoms with E-state index in [4.69, 9.17) is 4.74 Å². The molecule has 0 aromatic heterocycles. The largest absolute Gasteiger partial charge is 0.385 e. The molecule has 6 nitrogen and oxygen atoms in total. The molecule has 0 aliphatic heterocycles. The summed E-state index contributed by atoms with van der Waals surface area (Å²) in [6.07, 6.45) is 0.757. The maximum Gasteiger partial charge on any atom is 0.253 e. The van der Waals surface area contributed by atoms with Crippen LogP contribution < -0.4 is 0 Å². The highest BCUT2D eigenvalue weighted by Gasteiger charge is 2.22. The number of methoxy groups -OCH3 is 1. The van der Waals surface area contributed by atoms with E-state index in [1.807, 2.05) is 0 Å². The van der Waals surface area contributed by atoms with Gasteiger partial charge in [0.25, 0.3) is 5.91 Å². The predicted molar refractivity (Wildman–Crippen MR) is 90.0 cm³/mol. The first-order valence-corrected chi connectivity index (χ1v) is 9.17. The van der Waals surface area contributed by atoms with Crippen LogP contribution in [0.15, 0.2) is 29.2 Å². The van der Waals surface area contributed by atoms with E-state index in [0.29, 0.717) is 31.8 Å². The fraction of sp³-hybridized carbons (Fsp3) is 0.562. The first-order chi connectivity index (χ1) is 10.9. The second-order valence-corrected chi connectivity index (χ2v) is 7.12. The summed E-state index contributed by atoms with van der Waals surface area (Å²) in [4.78, 5) is 14.1. The Bertz CT molecular complexity index is 595. The number of hydrogen-bond donors (Lipinski definition) is 0. The SMILES string of the molecule is CCN(CC)S(=O)(=O)c1ccc(C(=O)N(C)CCCOC)cc1. The lowest BCUT2D eigenvalue weighted by molar-refractivity contribution is 0.0779. The summed E-state index contributed by atoms with van der Waals surface area (Å²) in [6, 6.07) is 6.10. The fourth-order valence-corrected chi connectivity index (χ4v) is 3.71. The van der Waals surface area contributed by atoms with Gasteiger partial charge in [0.2, 0.25) is 10.0 Å². The van der Waals surface area contributed by atoms with Crippen molar-refractivity contribution in [2.75, 3.05) is 40.4 Å². The summed E-state index contributed by atoms with van der Waals surface area (Å²) < 4.78 is 31.2. The number of ether oxygens (including phenoxy) is 1. The van der Waals surface area contributed by atoms with Gasteiger partial charge in [0.05, 0.1) is 4.90 Å². The Morgan fingerprint density at radius 1 is 1.13 bits per heavy atom. The molecule has 0 N–H and O–H groups in total. The molecule has 0 atom stereocenters. The highest BCUT2D eigenvalue weighted by atomic mass is 32.2. The molecular formula is C16H26N2O4S. The van der Waals surface area contributed by atoms with Gasteiger partial charge >= 0.3 is 0 Å². The molecule has 0 aliphatic rings. The monoisotopic (exact) mass is 342 g/mol. The lowest BCUT2D eigenvalue weighted by Crippen LogP contribution is -2.31. The second-order valence-electron chi connectivity index (χ2n) is 5.19. The molecule has 0 bridgehead atoms. The summed E-state index contributed by atoms with van der Waals surface area (Å²) in [5, 5.41) is 0. The fourth-order valence-electron chi connectivity index (χ4n) is 2.25. The van der Waals surface area contributed by atoms with Crippen LogP contribution >= 0.6 is 0 Å². The molecule has 130 valence electrons. The van der Waals surface area contributed by atoms with Crippen molar-refractivity contribution in [3.05, 3.63) is 29.8 Å². The van der Waals surface area contributed by atoms with Gasteiger partial charge < -0.3 is 9.64 Å². The minimum absolute atomic E-state index is 0.132. The van der Waals surface area contributed by atoms with Gasteiger partial charge in [-0.1, -0.05) is 13.8 Å². The van der Waals surface area contributed by atoms with E-state index >= 15 is 0 Å². The van der Waals surface area contributed by atoms with E-state index in [9.17, 15) is 13.2 Å². The van der Waals surface area contributed by atoms with E-state index in [-0.39, 0.29) is 10.8 Å². The van der Waals surface area contributed by atoms with Crippen LogP contribution in [0.25, 0.3) is 0 Å². The second kappa shape index (κ2) is 9.00. The quantitative estimate of drug-likeness (QED) is 0.642. The molecule has 1 rings (SSSR count). The molecule has 0 saturated carbocycles. The third-order valence-corrected chi connectivity index (χ3v) is 5.70. The maximum absolute atomic E-state index is 12.4. The molecule has 1 aromatic rings. The molecular weight excluding hydrogens is 316 g/mol. The highest BCUT2D eigenvalue weighted by molar-refractivity contribution is 7.89. The Balaban J connectivity index is 2.86. The smallest absolute Gasteiger partial charge is 0.253 e. The van der Waals surface area contributed by atoms with Crippen LogP contribution in [0, 0.1) is 0 Å². The number of sulfonamides is 1. The van der Waals surface area contributed by atoms with Gasteiger partial charge in [0.1, 0.15) is 0 Å². The van der Waals surface area contributed by atoms with E-state index in [0.717, 1.165) is 6.42 Å². The number of carbonyl (C=O) groups excluding carboxylic acids is 1. The zero-order valence-electron chi connectivity index (χ0n) is 14.3. The summed E-state index contributed by atoms with van der Waals surface area (Å²) in [5.74, 6) is -0.132. The third kappa shape index (κ3) is 5.02. The van der Waals surface area contributed by atoms with Crippen molar-refractivity contribution in [3.8, 4) is 0 Å². The summed E-state index contributed by atoms with van der Waals surface area (Å²) in [7, 11) is -0.147. The number of carbonyl (C=O) groups is 1. The average Bonchev–Trinajstić information content (AvgIpc) is 2.55. The number of hydrogen-bond acceptors (Lipinski definition) is 4. The van der Waals surface area contributed by atoms with Crippen LogP contribution in [-0.2, 0) is 14.8 Å². The average molecular weight is 342 g/mol. The number of amides is 1. The number of rotatable bonds is 9. The number of nitrogens with zero attached hydrogens (tertiary/aromatic N) is 2. The van der Waals surface area contributed by atoms with Gasteiger partial charge in [-0.2, -0.15) is 4.31 Å². The lowest BCUT2D eigenvalue weighted by Gasteiger charge is -2.19. The van der Waals surface area contributed by atoms with Crippen LogP contribution in [0.5, 0.6) is 0 Å². The van der Waals surface area contributed by atoms with Crippen molar-refractivity contribution in [1.29, 1.82) is 0 Å². The molecule has 0 spiro atoms. The maximum atomic E-state index is 12.4. The highest BCUT2D eigenvalue weighted by Crippen LogP contribution is 2.17. The zero-order valence-corrected chi connectivity index (χ0v) is 15.1. The van der Waals surface area contributed by atoms with Crippen molar-refractivity contribution in [1.82, 2.24) is 9.21 Å². The molecule has 1 aromatic carbocycles. The van der Waals surface area contributed by atoms with Crippen LogP contribution in [0.4, 0.5) is 0 Å². The molecule has 0 radical (unpaired) electrons. The standard InChI is InChI=1S/C16H26N2O4S/c1-5-18(6-2)23(20,21)15-10-8-14(9-11-15)16(19)17(3)12-7-13-22-4/h8-11H,5-7,12-13H2,1-4H3. The van der Waals surface area contributed by atoms with E-state index in [1.165, 1.54) is 16.4 Å². The van der Waals surface area contributed by atoms with Crippen molar-refractivity contribution in [3.63, 3.8) is 0 Å². The van der Waals surface area contributed by atoms with Crippen LogP contribution in [-0.4, -0.2) is 63.9 Å². The normalized spacial score (nSPS) is 11.7. The molecule has 0 fully saturated rings. The van der Waals surface area contributed by atoms with Crippen LogP contribution in [0.2, 0.25) is 0 Å². The summed E-state index contributed by atoms with van der Waals surface area (Å²) in [6.45, 7) is 5.62. The summed E-state index contributed by atoms with van der Waals surface area (Å²) in [5.41, 5.74) is 0.475. The first kappa shape index (κ1) is 19.6. The zero-order chi connectivity index (χ0) is 17.5. The Labute approximate surface area is 139 Å². The molecule has 0 aliphatic carbocycles. The van der Waals surface area contributed by atoms with Crippen molar-refractivity contribution in [2.45, 2.75) is 25.2 Å². The summed E-state index contributed by atoms with van der Waals surface area (Å²) >= 11 is 0. The lowest BCUT2D eigenvalue weighted by atomic mass is 10.2. The van der Waals surface area contributed by atoms with Gasteiger partial charge in [0.15, 0.2) is 0 Å². The Morgan fingerprint density at radius 2 is 1.70 bits per heavy atom. The van der Waals surface area contributed by atoms with Crippen molar-refractivity contribution < 1.29 is 17.9 Å². The Hall–Kier alpha value is -1.44. The van der Waals surface area contributed by atoms with Gasteiger partial charge in [-0.15, -0.1) is 0 Å². The van der Waals surface area contributed by atoms with E-state index in [1.54, 1.807) is 45.0 Å². The molecule has 0 heterocycles. The van der Waals surface area contributed by atoms with Crippen LogP contribution in [0.1, 0.15) is 30.6 Å². The minimum Gasteiger partial charge on any atom is -0.385 e. The minimum atomic E-state index is -3.49. The van der Waals surface area contributed by atoms with Crippen LogP contribution in [0.3, 0.4) is 0 Å². The number of benzene rings is 1. The van der Waals surface area contributed by atoms with Gasteiger partial charge in [0, 0.05) is 46.0 Å². The van der Waals surface area contributed by atoms with E-state index in [2.05, 4.69) is 0 Å². The van der Waals surface area contributed by atoms with Crippen molar-refractivity contribution in [2.24, 2.45) is 0 Å².